The highest BCUT2D eigenvalue weighted by Gasteiger charge is 2.33. The molecule has 162 valence electrons. The number of nitrogens with one attached hydrogen (secondary N) is 1. The maximum Gasteiger partial charge on any atom is 0.259 e. The third-order valence-corrected chi connectivity index (χ3v) is 6.07. The van der Waals surface area contributed by atoms with Crippen molar-refractivity contribution in [3.05, 3.63) is 59.9 Å². The largest absolute Gasteiger partial charge is 0.356 e. The number of anilines is 2. The fourth-order valence-corrected chi connectivity index (χ4v) is 4.17. The highest BCUT2D eigenvalue weighted by Crippen LogP contribution is 2.32. The van der Waals surface area contributed by atoms with Gasteiger partial charge in [0, 0.05) is 48.0 Å². The molecule has 0 atom stereocenters. The van der Waals surface area contributed by atoms with Crippen LogP contribution >= 0.6 is 11.8 Å². The Kier molecular flexibility index (Phi) is 6.09. The quantitative estimate of drug-likeness (QED) is 0.502. The number of carbonyl (C=O) groups excluding carboxylic acids is 1. The summed E-state index contributed by atoms with van der Waals surface area (Å²) in [5, 5.41) is 3.48. The molecule has 1 fully saturated rings. The topological polar surface area (TPSA) is 45.2 Å². The van der Waals surface area contributed by atoms with Crippen LogP contribution in [0.15, 0.2) is 53.4 Å². The van der Waals surface area contributed by atoms with E-state index in [0.29, 0.717) is 29.0 Å². The zero-order valence-electron chi connectivity index (χ0n) is 17.0. The summed E-state index contributed by atoms with van der Waals surface area (Å²) in [7, 11) is 0. The van der Waals surface area contributed by atoms with E-state index in [2.05, 4.69) is 10.3 Å². The molecule has 1 aliphatic heterocycles. The lowest BCUT2D eigenvalue weighted by Crippen LogP contribution is -2.29. The molecule has 0 unspecified atom stereocenters. The van der Waals surface area contributed by atoms with Crippen molar-refractivity contribution >= 4 is 40.1 Å². The highest BCUT2D eigenvalue weighted by atomic mass is 32.2. The second-order valence-corrected chi connectivity index (χ2v) is 8.46. The number of hydrogen-bond donors (Lipinski definition) is 1. The summed E-state index contributed by atoms with van der Waals surface area (Å²) in [6, 6.07) is 13.2. The first-order chi connectivity index (χ1) is 14.8. The molecule has 1 aliphatic rings. The van der Waals surface area contributed by atoms with Gasteiger partial charge < -0.3 is 10.2 Å². The molecule has 1 amide bonds. The lowest BCUT2D eigenvalue weighted by molar-refractivity contribution is -0.0102. The van der Waals surface area contributed by atoms with Gasteiger partial charge in [-0.05, 0) is 49.1 Å². The third kappa shape index (κ3) is 4.95. The van der Waals surface area contributed by atoms with Crippen LogP contribution in [0.3, 0.4) is 0 Å². The van der Waals surface area contributed by atoms with Crippen LogP contribution in [0.1, 0.15) is 29.6 Å². The zero-order chi connectivity index (χ0) is 22.0. The molecule has 0 saturated carbocycles. The molecule has 1 saturated heterocycles. The monoisotopic (exact) mass is 445 g/mol. The van der Waals surface area contributed by atoms with Gasteiger partial charge in [-0.1, -0.05) is 6.07 Å². The molecule has 2 aromatic carbocycles. The van der Waals surface area contributed by atoms with E-state index in [9.17, 15) is 18.0 Å². The number of benzene rings is 2. The maximum absolute atomic E-state index is 13.9. The number of halogens is 3. The number of hydrogen-bond acceptors (Lipinski definition) is 4. The highest BCUT2D eigenvalue weighted by molar-refractivity contribution is 7.98. The van der Waals surface area contributed by atoms with Crippen LogP contribution in [0.25, 0.3) is 10.9 Å². The predicted octanol–water partition coefficient (Wildman–Crippen LogP) is 5.97. The Hall–Kier alpha value is -2.74. The van der Waals surface area contributed by atoms with Crippen molar-refractivity contribution in [1.29, 1.82) is 0 Å². The molecule has 8 heteroatoms. The van der Waals surface area contributed by atoms with Gasteiger partial charge in [0.2, 0.25) is 5.92 Å². The summed E-state index contributed by atoms with van der Waals surface area (Å²) in [6.07, 6.45) is 1.72. The number of nitrogens with zero attached hydrogens (tertiary/aromatic N) is 2. The van der Waals surface area contributed by atoms with Crippen LogP contribution in [0, 0.1) is 5.82 Å². The van der Waals surface area contributed by atoms with Crippen LogP contribution in [0.4, 0.5) is 24.7 Å². The van der Waals surface area contributed by atoms with Crippen LogP contribution in [-0.2, 0) is 0 Å². The number of thioether (sulfide) groups is 1. The molecule has 4 rings (SSSR count). The average Bonchev–Trinajstić information content (AvgIpc) is 2.93. The van der Waals surface area contributed by atoms with E-state index >= 15 is 0 Å². The number of pyridine rings is 1. The number of aromatic nitrogens is 1. The Balaban J connectivity index is 1.74. The summed E-state index contributed by atoms with van der Waals surface area (Å²) in [4.78, 5) is 20.4. The first kappa shape index (κ1) is 21.5. The summed E-state index contributed by atoms with van der Waals surface area (Å²) in [5.74, 6) is -3.27. The first-order valence-corrected chi connectivity index (χ1v) is 11.3. The van der Waals surface area contributed by atoms with Gasteiger partial charge in [0.05, 0.1) is 11.1 Å². The molecule has 1 aromatic heterocycles. The SMILES string of the molecule is CSc1cccc(NC(=O)c2cc3ccc(F)cc3nc2N2CCCC(F)(F)CC2)c1. The standard InChI is InChI=1S/C23H22F3N3OS/c1-31-18-5-2-4-17(14-18)27-22(30)19-12-15-6-7-16(24)13-20(15)28-21(19)29-10-3-8-23(25,26)9-11-29/h2,4-7,12-14H,3,8-11H2,1H3,(H,27,30). The second kappa shape index (κ2) is 8.78. The Morgan fingerprint density at radius 3 is 2.77 bits per heavy atom. The molecule has 0 bridgehead atoms. The molecule has 0 aliphatic carbocycles. The number of amides is 1. The van der Waals surface area contributed by atoms with E-state index in [1.165, 1.54) is 12.1 Å². The Morgan fingerprint density at radius 1 is 1.13 bits per heavy atom. The summed E-state index contributed by atoms with van der Waals surface area (Å²) >= 11 is 1.56. The predicted molar refractivity (Wildman–Crippen MR) is 119 cm³/mol. The Labute approximate surface area is 182 Å². The molecule has 2 heterocycles. The van der Waals surface area contributed by atoms with E-state index in [0.717, 1.165) is 4.90 Å². The number of rotatable bonds is 4. The fourth-order valence-electron chi connectivity index (χ4n) is 3.71. The molecular weight excluding hydrogens is 423 g/mol. The lowest BCUT2D eigenvalue weighted by atomic mass is 10.1. The molecule has 0 radical (unpaired) electrons. The molecule has 3 aromatic rings. The van der Waals surface area contributed by atoms with Crippen molar-refractivity contribution in [3.8, 4) is 0 Å². The third-order valence-electron chi connectivity index (χ3n) is 5.35. The van der Waals surface area contributed by atoms with Crippen LogP contribution in [0.5, 0.6) is 0 Å². The molecule has 31 heavy (non-hydrogen) atoms. The van der Waals surface area contributed by atoms with Crippen molar-refractivity contribution in [3.63, 3.8) is 0 Å². The van der Waals surface area contributed by atoms with E-state index < -0.39 is 11.7 Å². The van der Waals surface area contributed by atoms with Gasteiger partial charge in [-0.15, -0.1) is 11.8 Å². The van der Waals surface area contributed by atoms with Gasteiger partial charge in [0.15, 0.2) is 0 Å². The van der Waals surface area contributed by atoms with Gasteiger partial charge in [-0.25, -0.2) is 18.2 Å². The van der Waals surface area contributed by atoms with Gasteiger partial charge in [0.1, 0.15) is 11.6 Å². The van der Waals surface area contributed by atoms with Crippen molar-refractivity contribution in [2.75, 3.05) is 29.6 Å². The van der Waals surface area contributed by atoms with Crippen molar-refractivity contribution in [2.45, 2.75) is 30.1 Å². The smallest absolute Gasteiger partial charge is 0.259 e. The number of alkyl halides is 2. The zero-order valence-corrected chi connectivity index (χ0v) is 17.8. The first-order valence-electron chi connectivity index (χ1n) is 10.0. The van der Waals surface area contributed by atoms with E-state index in [1.807, 2.05) is 24.5 Å². The average molecular weight is 446 g/mol. The Bertz CT molecular complexity index is 1120. The van der Waals surface area contributed by atoms with Gasteiger partial charge in [0.25, 0.3) is 5.91 Å². The minimum Gasteiger partial charge on any atom is -0.356 e. The van der Waals surface area contributed by atoms with E-state index in [1.54, 1.807) is 34.9 Å². The normalized spacial score (nSPS) is 16.2. The van der Waals surface area contributed by atoms with Crippen LogP contribution < -0.4 is 10.2 Å². The molecular formula is C23H22F3N3OS. The lowest BCUT2D eigenvalue weighted by Gasteiger charge is -2.24. The van der Waals surface area contributed by atoms with Crippen molar-refractivity contribution < 1.29 is 18.0 Å². The number of fused-ring (bicyclic) bond motifs is 1. The number of carbonyl (C=O) groups is 1. The summed E-state index contributed by atoms with van der Waals surface area (Å²) in [5.41, 5.74) is 1.29. The molecule has 4 nitrogen and oxygen atoms in total. The van der Waals surface area contributed by atoms with Gasteiger partial charge in [-0.3, -0.25) is 4.79 Å². The fraction of sp³-hybridized carbons (Fsp3) is 0.304. The van der Waals surface area contributed by atoms with Gasteiger partial charge >= 0.3 is 0 Å². The molecule has 1 N–H and O–H groups in total. The van der Waals surface area contributed by atoms with E-state index in [-0.39, 0.29) is 37.3 Å². The molecule has 0 spiro atoms. The minimum absolute atomic E-state index is 0.0725. The van der Waals surface area contributed by atoms with Crippen LogP contribution in [-0.4, -0.2) is 36.2 Å². The summed E-state index contributed by atoms with van der Waals surface area (Å²) in [6.45, 7) is 0.425. The minimum atomic E-state index is -2.74. The van der Waals surface area contributed by atoms with Crippen molar-refractivity contribution in [1.82, 2.24) is 4.98 Å². The summed E-state index contributed by atoms with van der Waals surface area (Å²) < 4.78 is 41.6. The maximum atomic E-state index is 13.9. The van der Waals surface area contributed by atoms with Crippen LogP contribution in [0.2, 0.25) is 0 Å². The van der Waals surface area contributed by atoms with E-state index in [4.69, 9.17) is 0 Å². The second-order valence-electron chi connectivity index (χ2n) is 7.58. The van der Waals surface area contributed by atoms with Crippen molar-refractivity contribution in [2.24, 2.45) is 0 Å². The van der Waals surface area contributed by atoms with Gasteiger partial charge in [-0.2, -0.15) is 0 Å². The Morgan fingerprint density at radius 2 is 1.97 bits per heavy atom.